The first kappa shape index (κ1) is 29.5. The van der Waals surface area contributed by atoms with Gasteiger partial charge in [0.25, 0.3) is 12.3 Å². The largest absolute Gasteiger partial charge is 0.465 e. The van der Waals surface area contributed by atoms with E-state index in [9.17, 15) is 23.2 Å². The van der Waals surface area contributed by atoms with Gasteiger partial charge in [-0.3, -0.25) is 24.0 Å². The zero-order chi connectivity index (χ0) is 30.4. The highest BCUT2D eigenvalue weighted by Gasteiger charge is 2.51. The summed E-state index contributed by atoms with van der Waals surface area (Å²) in [5, 5.41) is 4.67. The third-order valence-electron chi connectivity index (χ3n) is 9.65. The highest BCUT2D eigenvalue weighted by Crippen LogP contribution is 2.57. The highest BCUT2D eigenvalue weighted by atomic mass is 19.3. The number of esters is 1. The second kappa shape index (κ2) is 11.9. The Morgan fingerprint density at radius 2 is 1.84 bits per heavy atom. The molecule has 10 nitrogen and oxygen atoms in total. The topological polar surface area (TPSA) is 91.2 Å². The summed E-state index contributed by atoms with van der Waals surface area (Å²) in [4.78, 5) is 45.5. The molecule has 0 N–H and O–H groups in total. The van der Waals surface area contributed by atoms with E-state index in [2.05, 4.69) is 10.00 Å². The molecule has 2 aromatic rings. The number of hydrogen-bond acceptors (Lipinski definition) is 7. The van der Waals surface area contributed by atoms with Crippen molar-refractivity contribution in [2.45, 2.75) is 58.5 Å². The number of nitrogens with zero attached hydrogens (tertiary/aromatic N) is 6. The Morgan fingerprint density at radius 3 is 2.56 bits per heavy atom. The number of carbonyl (C=O) groups excluding carboxylic acids is 3. The minimum atomic E-state index is -2.68. The Kier molecular flexibility index (Phi) is 8.14. The Morgan fingerprint density at radius 1 is 1.07 bits per heavy atom. The summed E-state index contributed by atoms with van der Waals surface area (Å²) in [6.45, 7) is 9.32. The van der Waals surface area contributed by atoms with Crippen LogP contribution in [0.25, 0.3) is 0 Å². The summed E-state index contributed by atoms with van der Waals surface area (Å²) in [5.74, 6) is -0.0782. The van der Waals surface area contributed by atoms with Crippen LogP contribution in [0.1, 0.15) is 52.1 Å². The van der Waals surface area contributed by atoms with E-state index in [4.69, 9.17) is 4.74 Å². The number of alkyl halides is 2. The third kappa shape index (κ3) is 5.85. The molecule has 2 amide bonds. The van der Waals surface area contributed by atoms with E-state index < -0.39 is 18.4 Å². The molecule has 6 rings (SSSR count). The van der Waals surface area contributed by atoms with Crippen LogP contribution in [-0.2, 0) is 27.3 Å². The molecule has 2 aliphatic carbocycles. The first-order valence-electron chi connectivity index (χ1n) is 15.3. The molecule has 3 fully saturated rings. The second-order valence-corrected chi connectivity index (χ2v) is 12.3. The molecular formula is C31H40F2N6O4. The number of anilines is 1. The quantitative estimate of drug-likeness (QED) is 0.432. The van der Waals surface area contributed by atoms with Crippen molar-refractivity contribution in [3.8, 4) is 0 Å². The van der Waals surface area contributed by atoms with Gasteiger partial charge in [0, 0.05) is 76.2 Å². The van der Waals surface area contributed by atoms with Crippen LogP contribution < -0.4 is 4.90 Å². The lowest BCUT2D eigenvalue weighted by Gasteiger charge is -2.42. The zero-order valence-corrected chi connectivity index (χ0v) is 25.1. The van der Waals surface area contributed by atoms with Gasteiger partial charge in [-0.15, -0.1) is 0 Å². The van der Waals surface area contributed by atoms with Gasteiger partial charge >= 0.3 is 5.97 Å². The van der Waals surface area contributed by atoms with Crippen LogP contribution in [0.4, 0.5) is 14.5 Å². The monoisotopic (exact) mass is 598 g/mol. The van der Waals surface area contributed by atoms with Crippen LogP contribution in [0, 0.1) is 19.8 Å². The van der Waals surface area contributed by atoms with Crippen LogP contribution in [-0.4, -0.2) is 114 Å². The first-order valence-corrected chi connectivity index (χ1v) is 15.3. The molecule has 2 aliphatic heterocycles. The molecule has 1 saturated carbocycles. The van der Waals surface area contributed by atoms with Gasteiger partial charge in [-0.05, 0) is 55.7 Å². The molecule has 1 unspecified atom stereocenters. The van der Waals surface area contributed by atoms with Gasteiger partial charge in [0.2, 0.25) is 5.91 Å². The molecule has 12 heteroatoms. The van der Waals surface area contributed by atoms with Crippen LogP contribution in [0.3, 0.4) is 0 Å². The van der Waals surface area contributed by atoms with Crippen molar-refractivity contribution < 1.29 is 27.9 Å². The lowest BCUT2D eigenvalue weighted by molar-refractivity contribution is -0.141. The molecule has 0 radical (unpaired) electrons. The van der Waals surface area contributed by atoms with Crippen LogP contribution in [0.5, 0.6) is 0 Å². The second-order valence-electron chi connectivity index (χ2n) is 12.3. The number of benzene rings is 1. The molecule has 3 atom stereocenters. The van der Waals surface area contributed by atoms with Gasteiger partial charge in [-0.2, -0.15) is 5.10 Å². The van der Waals surface area contributed by atoms with Crippen molar-refractivity contribution in [2.75, 3.05) is 63.9 Å². The number of hydrogen-bond donors (Lipinski definition) is 0. The van der Waals surface area contributed by atoms with E-state index in [-0.39, 0.29) is 37.4 Å². The molecule has 3 heterocycles. The van der Waals surface area contributed by atoms with Gasteiger partial charge < -0.3 is 19.4 Å². The number of halogens is 2. The SMILES string of the molecule is CC(=O)OCCN1CCN(C(=O)c2nn(CC(=O)N3CCN(c4cccc(C)c4C)CC3C(F)F)c3c2[C@@H]2C[C@@H]2C3)CC1. The van der Waals surface area contributed by atoms with Crippen molar-refractivity contribution in [2.24, 2.45) is 5.92 Å². The Labute approximate surface area is 250 Å². The first-order chi connectivity index (χ1) is 20.6. The fourth-order valence-electron chi connectivity index (χ4n) is 6.97. The number of fused-ring (bicyclic) bond motifs is 3. The number of carbonyl (C=O) groups is 3. The number of piperazine rings is 2. The maximum absolute atomic E-state index is 14.3. The number of rotatable bonds is 8. The van der Waals surface area contributed by atoms with Crippen molar-refractivity contribution in [3.63, 3.8) is 0 Å². The molecule has 1 aromatic carbocycles. The van der Waals surface area contributed by atoms with E-state index in [0.717, 1.165) is 40.9 Å². The molecule has 0 bridgehead atoms. The summed E-state index contributed by atoms with van der Waals surface area (Å²) >= 11 is 0. The van der Waals surface area contributed by atoms with Gasteiger partial charge in [0.1, 0.15) is 19.2 Å². The van der Waals surface area contributed by atoms with Crippen molar-refractivity contribution in [1.29, 1.82) is 0 Å². The predicted octanol–water partition coefficient (Wildman–Crippen LogP) is 2.46. The van der Waals surface area contributed by atoms with Crippen molar-refractivity contribution in [3.05, 3.63) is 46.3 Å². The Hall–Kier alpha value is -3.54. The normalized spacial score (nSPS) is 23.4. The lowest BCUT2D eigenvalue weighted by Crippen LogP contribution is -2.58. The smallest absolute Gasteiger partial charge is 0.302 e. The predicted molar refractivity (Wildman–Crippen MR) is 155 cm³/mol. The van der Waals surface area contributed by atoms with Gasteiger partial charge in [0.05, 0.1) is 0 Å². The number of amides is 2. The molecule has 43 heavy (non-hydrogen) atoms. The van der Waals surface area contributed by atoms with Gasteiger partial charge in [-0.1, -0.05) is 12.1 Å². The van der Waals surface area contributed by atoms with Crippen molar-refractivity contribution >= 4 is 23.5 Å². The van der Waals surface area contributed by atoms with Crippen LogP contribution in [0.15, 0.2) is 18.2 Å². The third-order valence-corrected chi connectivity index (χ3v) is 9.65. The lowest BCUT2D eigenvalue weighted by atomic mass is 10.0. The standard InChI is InChI=1S/C31H40F2N6O4/c1-19-5-4-6-24(20(19)2)37-11-12-38(26(17-37)30(32)33)27(41)18-39-25-16-22-15-23(22)28(25)29(34-39)31(42)36-9-7-35(8-10-36)13-14-43-21(3)40/h4-6,22-23,26,30H,7-18H2,1-3H3/t22-,23-,26?/m1/s1. The number of ether oxygens (including phenoxy) is 1. The van der Waals surface area contributed by atoms with Gasteiger partial charge in [-0.25, -0.2) is 8.78 Å². The number of aryl methyl sites for hydroxylation is 1. The Bertz CT molecular complexity index is 1400. The molecule has 232 valence electrons. The summed E-state index contributed by atoms with van der Waals surface area (Å²) in [6, 6.07) is 4.65. The zero-order valence-electron chi connectivity index (χ0n) is 25.1. The van der Waals surface area contributed by atoms with E-state index in [0.29, 0.717) is 57.5 Å². The summed E-state index contributed by atoms with van der Waals surface area (Å²) in [5.41, 5.74) is 5.34. The average Bonchev–Trinajstić information content (AvgIpc) is 3.51. The molecule has 2 saturated heterocycles. The van der Waals surface area contributed by atoms with E-state index >= 15 is 0 Å². The molecule has 1 aromatic heterocycles. The van der Waals surface area contributed by atoms with E-state index in [1.165, 1.54) is 11.8 Å². The van der Waals surface area contributed by atoms with Crippen LogP contribution in [0.2, 0.25) is 0 Å². The van der Waals surface area contributed by atoms with E-state index in [1.807, 2.05) is 36.9 Å². The van der Waals surface area contributed by atoms with E-state index in [1.54, 1.807) is 9.58 Å². The minimum Gasteiger partial charge on any atom is -0.465 e. The molecule has 4 aliphatic rings. The maximum Gasteiger partial charge on any atom is 0.302 e. The molecule has 0 spiro atoms. The fourth-order valence-corrected chi connectivity index (χ4v) is 6.97. The highest BCUT2D eigenvalue weighted by molar-refractivity contribution is 5.95. The Balaban J connectivity index is 1.14. The maximum atomic E-state index is 14.3. The summed E-state index contributed by atoms with van der Waals surface area (Å²) in [6.07, 6.45) is -0.904. The molecular weight excluding hydrogens is 558 g/mol. The van der Waals surface area contributed by atoms with Crippen molar-refractivity contribution in [1.82, 2.24) is 24.5 Å². The van der Waals surface area contributed by atoms with Crippen LogP contribution >= 0.6 is 0 Å². The fraction of sp³-hybridized carbons (Fsp3) is 0.613. The summed E-state index contributed by atoms with van der Waals surface area (Å²) in [7, 11) is 0. The van der Waals surface area contributed by atoms with Gasteiger partial charge in [0.15, 0.2) is 5.69 Å². The average molecular weight is 599 g/mol. The minimum absolute atomic E-state index is 0.0612. The summed E-state index contributed by atoms with van der Waals surface area (Å²) < 4.78 is 35.3. The number of aromatic nitrogens is 2.